The van der Waals surface area contributed by atoms with Crippen molar-refractivity contribution in [2.45, 2.75) is 57.2 Å². The van der Waals surface area contributed by atoms with Crippen LogP contribution in [-0.4, -0.2) is 37.2 Å². The molecule has 3 atom stereocenters. The third-order valence-electron chi connectivity index (χ3n) is 3.56. The van der Waals surface area contributed by atoms with Crippen molar-refractivity contribution in [2.24, 2.45) is 0 Å². The van der Waals surface area contributed by atoms with E-state index in [1.165, 1.54) is 0 Å². The maximum absolute atomic E-state index is 11.9. The van der Waals surface area contributed by atoms with E-state index in [0.717, 1.165) is 45.3 Å². The lowest BCUT2D eigenvalue weighted by Crippen LogP contribution is -2.54. The fourth-order valence-electron chi connectivity index (χ4n) is 2.46. The molecule has 0 aromatic carbocycles. The Bertz CT molecular complexity index is 245. The standard InChI is InChI=1S/C12H22N2O2.ClH/c1-9-10(5-4-7-13-9)14-12(15)11-6-2-3-8-16-11;/h9-11,13H,2-8H2,1H3,(H,14,15);1H. The monoisotopic (exact) mass is 262 g/mol. The predicted molar refractivity (Wildman–Crippen MR) is 69.5 cm³/mol. The summed E-state index contributed by atoms with van der Waals surface area (Å²) in [5.41, 5.74) is 0. The number of hydrogen-bond acceptors (Lipinski definition) is 3. The van der Waals surface area contributed by atoms with E-state index in [4.69, 9.17) is 4.74 Å². The van der Waals surface area contributed by atoms with Gasteiger partial charge in [0, 0.05) is 18.7 Å². The Balaban J connectivity index is 0.00000144. The Hall–Kier alpha value is -0.320. The van der Waals surface area contributed by atoms with Gasteiger partial charge in [-0.3, -0.25) is 4.79 Å². The molecule has 1 amide bonds. The van der Waals surface area contributed by atoms with Crippen LogP contribution in [0.4, 0.5) is 0 Å². The molecule has 0 bridgehead atoms. The summed E-state index contributed by atoms with van der Waals surface area (Å²) in [6.07, 6.45) is 5.08. The van der Waals surface area contributed by atoms with Crippen molar-refractivity contribution >= 4 is 18.3 Å². The maximum atomic E-state index is 11.9. The van der Waals surface area contributed by atoms with Crippen LogP contribution in [0.2, 0.25) is 0 Å². The molecule has 0 radical (unpaired) electrons. The Morgan fingerprint density at radius 1 is 1.29 bits per heavy atom. The van der Waals surface area contributed by atoms with Gasteiger partial charge in [-0.25, -0.2) is 0 Å². The molecule has 0 spiro atoms. The summed E-state index contributed by atoms with van der Waals surface area (Å²) >= 11 is 0. The molecule has 2 aliphatic heterocycles. The van der Waals surface area contributed by atoms with Crippen LogP contribution >= 0.6 is 12.4 Å². The molecule has 2 saturated heterocycles. The first-order chi connectivity index (χ1) is 7.77. The highest BCUT2D eigenvalue weighted by Gasteiger charge is 2.27. The first kappa shape index (κ1) is 14.7. The number of amides is 1. The molecule has 2 aliphatic rings. The number of ether oxygens (including phenoxy) is 1. The fraction of sp³-hybridized carbons (Fsp3) is 0.917. The first-order valence-corrected chi connectivity index (χ1v) is 6.43. The fourth-order valence-corrected chi connectivity index (χ4v) is 2.46. The minimum atomic E-state index is -0.206. The normalized spacial score (nSPS) is 33.6. The first-order valence-electron chi connectivity index (χ1n) is 6.43. The highest BCUT2D eigenvalue weighted by atomic mass is 35.5. The van der Waals surface area contributed by atoms with Crippen molar-refractivity contribution in [2.75, 3.05) is 13.2 Å². The molecule has 2 rings (SSSR count). The van der Waals surface area contributed by atoms with Crippen LogP contribution in [0.3, 0.4) is 0 Å². The third-order valence-corrected chi connectivity index (χ3v) is 3.56. The molecular formula is C12H23ClN2O2. The number of carbonyl (C=O) groups excluding carboxylic acids is 1. The summed E-state index contributed by atoms with van der Waals surface area (Å²) in [5, 5.41) is 6.50. The molecule has 100 valence electrons. The SMILES string of the molecule is CC1NCCCC1NC(=O)C1CCCCO1.Cl. The van der Waals surface area contributed by atoms with Crippen LogP contribution < -0.4 is 10.6 Å². The Morgan fingerprint density at radius 3 is 2.76 bits per heavy atom. The second kappa shape index (κ2) is 7.19. The zero-order chi connectivity index (χ0) is 11.4. The van der Waals surface area contributed by atoms with Crippen molar-refractivity contribution < 1.29 is 9.53 Å². The molecule has 0 aromatic heterocycles. The van der Waals surface area contributed by atoms with Gasteiger partial charge in [0.15, 0.2) is 0 Å². The zero-order valence-electron chi connectivity index (χ0n) is 10.4. The van der Waals surface area contributed by atoms with Crippen molar-refractivity contribution in [3.63, 3.8) is 0 Å². The van der Waals surface area contributed by atoms with Crippen LogP contribution in [0.25, 0.3) is 0 Å². The molecule has 5 heteroatoms. The molecule has 3 unspecified atom stereocenters. The lowest BCUT2D eigenvalue weighted by molar-refractivity contribution is -0.136. The van der Waals surface area contributed by atoms with Crippen molar-refractivity contribution in [3.05, 3.63) is 0 Å². The summed E-state index contributed by atoms with van der Waals surface area (Å²) < 4.78 is 5.48. The molecule has 17 heavy (non-hydrogen) atoms. The second-order valence-corrected chi connectivity index (χ2v) is 4.86. The second-order valence-electron chi connectivity index (χ2n) is 4.86. The van der Waals surface area contributed by atoms with E-state index in [1.807, 2.05) is 0 Å². The lowest BCUT2D eigenvalue weighted by Gasteiger charge is -2.32. The van der Waals surface area contributed by atoms with Crippen LogP contribution in [0, 0.1) is 0 Å². The van der Waals surface area contributed by atoms with E-state index in [9.17, 15) is 4.79 Å². The summed E-state index contributed by atoms with van der Waals surface area (Å²) in [6, 6.07) is 0.646. The molecule has 4 nitrogen and oxygen atoms in total. The molecular weight excluding hydrogens is 240 g/mol. The van der Waals surface area contributed by atoms with Gasteiger partial charge in [-0.05, 0) is 45.6 Å². The topological polar surface area (TPSA) is 50.4 Å². The quantitative estimate of drug-likeness (QED) is 0.787. The van der Waals surface area contributed by atoms with Gasteiger partial charge in [0.25, 0.3) is 0 Å². The van der Waals surface area contributed by atoms with Gasteiger partial charge in [-0.2, -0.15) is 0 Å². The molecule has 2 N–H and O–H groups in total. The van der Waals surface area contributed by atoms with Gasteiger partial charge in [0.2, 0.25) is 5.91 Å². The Morgan fingerprint density at radius 2 is 2.12 bits per heavy atom. The van der Waals surface area contributed by atoms with E-state index in [2.05, 4.69) is 17.6 Å². The Kier molecular flexibility index (Phi) is 6.23. The number of nitrogens with one attached hydrogen (secondary N) is 2. The van der Waals surface area contributed by atoms with Gasteiger partial charge in [0.1, 0.15) is 6.10 Å². The van der Waals surface area contributed by atoms with Crippen molar-refractivity contribution in [1.29, 1.82) is 0 Å². The molecule has 2 fully saturated rings. The number of piperidine rings is 1. The summed E-state index contributed by atoms with van der Waals surface area (Å²) in [6.45, 7) is 3.93. The van der Waals surface area contributed by atoms with Crippen LogP contribution in [0.5, 0.6) is 0 Å². The largest absolute Gasteiger partial charge is 0.368 e. The number of carbonyl (C=O) groups is 1. The molecule has 2 heterocycles. The third kappa shape index (κ3) is 4.12. The Labute approximate surface area is 109 Å². The highest BCUT2D eigenvalue weighted by molar-refractivity contribution is 5.85. The minimum Gasteiger partial charge on any atom is -0.368 e. The van der Waals surface area contributed by atoms with Gasteiger partial charge >= 0.3 is 0 Å². The predicted octanol–water partition coefficient (Wildman–Crippen LogP) is 1.23. The van der Waals surface area contributed by atoms with Crippen LogP contribution in [-0.2, 0) is 9.53 Å². The average molecular weight is 263 g/mol. The maximum Gasteiger partial charge on any atom is 0.249 e. The van der Waals surface area contributed by atoms with E-state index in [-0.39, 0.29) is 30.5 Å². The molecule has 0 aliphatic carbocycles. The molecule has 0 aromatic rings. The summed E-state index contributed by atoms with van der Waals surface area (Å²) in [5.74, 6) is 0.0836. The smallest absolute Gasteiger partial charge is 0.249 e. The average Bonchev–Trinajstić information content (AvgIpc) is 2.33. The highest BCUT2D eigenvalue weighted by Crippen LogP contribution is 2.14. The van der Waals surface area contributed by atoms with Gasteiger partial charge in [0.05, 0.1) is 0 Å². The van der Waals surface area contributed by atoms with Gasteiger partial charge in [-0.15, -0.1) is 12.4 Å². The van der Waals surface area contributed by atoms with E-state index >= 15 is 0 Å². The molecule has 0 saturated carbocycles. The number of halogens is 1. The van der Waals surface area contributed by atoms with Gasteiger partial charge < -0.3 is 15.4 Å². The van der Waals surface area contributed by atoms with Crippen molar-refractivity contribution in [3.8, 4) is 0 Å². The van der Waals surface area contributed by atoms with Gasteiger partial charge in [-0.1, -0.05) is 0 Å². The lowest BCUT2D eigenvalue weighted by atomic mass is 9.99. The summed E-state index contributed by atoms with van der Waals surface area (Å²) in [7, 11) is 0. The van der Waals surface area contributed by atoms with E-state index in [1.54, 1.807) is 0 Å². The van der Waals surface area contributed by atoms with Crippen LogP contribution in [0.1, 0.15) is 39.0 Å². The van der Waals surface area contributed by atoms with Crippen molar-refractivity contribution in [1.82, 2.24) is 10.6 Å². The summed E-state index contributed by atoms with van der Waals surface area (Å²) in [4.78, 5) is 11.9. The van der Waals surface area contributed by atoms with E-state index in [0.29, 0.717) is 6.04 Å². The zero-order valence-corrected chi connectivity index (χ0v) is 11.2. The number of rotatable bonds is 2. The van der Waals surface area contributed by atoms with Crippen LogP contribution in [0.15, 0.2) is 0 Å². The van der Waals surface area contributed by atoms with E-state index < -0.39 is 0 Å². The number of hydrogen-bond donors (Lipinski definition) is 2. The minimum absolute atomic E-state index is 0.